The van der Waals surface area contributed by atoms with Gasteiger partial charge < -0.3 is 15.2 Å². The van der Waals surface area contributed by atoms with Crippen molar-refractivity contribution in [2.75, 3.05) is 18.5 Å². The first-order valence-corrected chi connectivity index (χ1v) is 5.39. The van der Waals surface area contributed by atoms with Gasteiger partial charge in [-0.25, -0.2) is 4.39 Å². The number of nitrogens with one attached hydrogen (secondary N) is 1. The number of anilines is 1. The lowest BCUT2D eigenvalue weighted by Gasteiger charge is -2.17. The second kappa shape index (κ2) is 5.02. The minimum absolute atomic E-state index is 0.115. The maximum absolute atomic E-state index is 13.4. The van der Waals surface area contributed by atoms with Crippen molar-refractivity contribution in [3.8, 4) is 6.07 Å². The van der Waals surface area contributed by atoms with Crippen LogP contribution in [0.3, 0.4) is 0 Å². The van der Waals surface area contributed by atoms with Gasteiger partial charge in [-0.3, -0.25) is 4.79 Å². The molecule has 2 N–H and O–H groups in total. The van der Waals surface area contributed by atoms with E-state index in [1.807, 2.05) is 0 Å². The summed E-state index contributed by atoms with van der Waals surface area (Å²) in [6, 6.07) is 5.48. The van der Waals surface area contributed by atoms with Crippen LogP contribution in [0.15, 0.2) is 18.2 Å². The van der Waals surface area contributed by atoms with Crippen LogP contribution < -0.4 is 5.32 Å². The number of carboxylic acids is 1. The SMILES string of the molecule is N#Cc1c(F)cccc1NC1COCC1C(=O)O. The number of nitrogens with zero attached hydrogens (tertiary/aromatic N) is 1. The molecule has 1 aliphatic rings. The molecule has 0 saturated carbocycles. The van der Waals surface area contributed by atoms with Crippen LogP contribution in [-0.4, -0.2) is 30.3 Å². The highest BCUT2D eigenvalue weighted by Gasteiger charge is 2.34. The molecule has 2 atom stereocenters. The third kappa shape index (κ3) is 2.26. The van der Waals surface area contributed by atoms with Crippen molar-refractivity contribution in [1.29, 1.82) is 5.26 Å². The van der Waals surface area contributed by atoms with Crippen LogP contribution in [0.1, 0.15) is 5.56 Å². The predicted molar refractivity (Wildman–Crippen MR) is 60.5 cm³/mol. The van der Waals surface area contributed by atoms with Crippen molar-refractivity contribution in [2.45, 2.75) is 6.04 Å². The summed E-state index contributed by atoms with van der Waals surface area (Å²) in [6.45, 7) is 0.336. The minimum Gasteiger partial charge on any atom is -0.481 e. The Morgan fingerprint density at radius 2 is 2.33 bits per heavy atom. The maximum atomic E-state index is 13.4. The monoisotopic (exact) mass is 250 g/mol. The number of aliphatic carboxylic acids is 1. The van der Waals surface area contributed by atoms with E-state index in [2.05, 4.69) is 5.32 Å². The Kier molecular flexibility index (Phi) is 3.44. The van der Waals surface area contributed by atoms with Gasteiger partial charge in [0.1, 0.15) is 23.4 Å². The molecule has 1 aromatic carbocycles. The number of nitriles is 1. The number of hydrogen-bond acceptors (Lipinski definition) is 4. The van der Waals surface area contributed by atoms with E-state index < -0.39 is 23.7 Å². The number of halogens is 1. The molecule has 6 heteroatoms. The van der Waals surface area contributed by atoms with Gasteiger partial charge in [0.2, 0.25) is 0 Å². The van der Waals surface area contributed by atoms with Gasteiger partial charge in [0.05, 0.1) is 24.9 Å². The molecule has 1 aliphatic heterocycles. The number of carboxylic acid groups (broad SMARTS) is 1. The maximum Gasteiger partial charge on any atom is 0.311 e. The molecule has 94 valence electrons. The van der Waals surface area contributed by atoms with Crippen LogP contribution in [0.5, 0.6) is 0 Å². The first-order valence-electron chi connectivity index (χ1n) is 5.39. The van der Waals surface area contributed by atoms with Gasteiger partial charge >= 0.3 is 5.97 Å². The molecule has 18 heavy (non-hydrogen) atoms. The molecule has 0 amide bonds. The fraction of sp³-hybridized carbons (Fsp3) is 0.333. The first kappa shape index (κ1) is 12.3. The molecule has 0 aliphatic carbocycles. The van der Waals surface area contributed by atoms with Crippen molar-refractivity contribution in [3.63, 3.8) is 0 Å². The smallest absolute Gasteiger partial charge is 0.311 e. The summed E-state index contributed by atoms with van der Waals surface area (Å²) in [5.74, 6) is -2.30. The number of carbonyl (C=O) groups is 1. The number of rotatable bonds is 3. The van der Waals surface area contributed by atoms with Crippen molar-refractivity contribution >= 4 is 11.7 Å². The van der Waals surface area contributed by atoms with E-state index in [4.69, 9.17) is 15.1 Å². The Morgan fingerprint density at radius 3 is 3.00 bits per heavy atom. The van der Waals surface area contributed by atoms with E-state index in [0.717, 1.165) is 0 Å². The molecule has 1 aromatic rings. The number of benzene rings is 1. The van der Waals surface area contributed by atoms with Crippen LogP contribution in [0.25, 0.3) is 0 Å². The fourth-order valence-electron chi connectivity index (χ4n) is 1.90. The Bertz CT molecular complexity index is 513. The number of hydrogen-bond donors (Lipinski definition) is 2. The van der Waals surface area contributed by atoms with Crippen LogP contribution >= 0.6 is 0 Å². The molecule has 0 spiro atoms. The Morgan fingerprint density at radius 1 is 1.56 bits per heavy atom. The van der Waals surface area contributed by atoms with Gasteiger partial charge in [-0.2, -0.15) is 5.26 Å². The lowest BCUT2D eigenvalue weighted by atomic mass is 10.0. The average molecular weight is 250 g/mol. The van der Waals surface area contributed by atoms with Gasteiger partial charge in [-0.05, 0) is 12.1 Å². The largest absolute Gasteiger partial charge is 0.481 e. The lowest BCUT2D eigenvalue weighted by molar-refractivity contribution is -0.141. The molecule has 1 heterocycles. The second-order valence-corrected chi connectivity index (χ2v) is 4.01. The van der Waals surface area contributed by atoms with Crippen LogP contribution in [0.2, 0.25) is 0 Å². The highest BCUT2D eigenvalue weighted by atomic mass is 19.1. The molecule has 1 saturated heterocycles. The van der Waals surface area contributed by atoms with E-state index in [0.29, 0.717) is 5.69 Å². The van der Waals surface area contributed by atoms with Gasteiger partial charge in [-0.1, -0.05) is 6.07 Å². The van der Waals surface area contributed by atoms with Crippen molar-refractivity contribution in [2.24, 2.45) is 5.92 Å². The lowest BCUT2D eigenvalue weighted by Crippen LogP contribution is -2.33. The van der Waals surface area contributed by atoms with E-state index in [9.17, 15) is 9.18 Å². The summed E-state index contributed by atoms with van der Waals surface area (Å²) in [4.78, 5) is 11.0. The highest BCUT2D eigenvalue weighted by molar-refractivity contribution is 5.72. The van der Waals surface area contributed by atoms with Gasteiger partial charge in [0.25, 0.3) is 0 Å². The third-order valence-corrected chi connectivity index (χ3v) is 2.86. The van der Waals surface area contributed by atoms with Gasteiger partial charge in [-0.15, -0.1) is 0 Å². The molecule has 0 bridgehead atoms. The summed E-state index contributed by atoms with van der Waals surface area (Å²) in [6.07, 6.45) is 0. The quantitative estimate of drug-likeness (QED) is 0.842. The summed E-state index contributed by atoms with van der Waals surface area (Å²) in [5, 5.41) is 20.7. The highest BCUT2D eigenvalue weighted by Crippen LogP contribution is 2.23. The zero-order valence-corrected chi connectivity index (χ0v) is 9.39. The fourth-order valence-corrected chi connectivity index (χ4v) is 1.90. The Labute approximate surface area is 103 Å². The summed E-state index contributed by atoms with van der Waals surface area (Å²) >= 11 is 0. The molecule has 1 fully saturated rings. The molecular weight excluding hydrogens is 239 g/mol. The standard InChI is InChI=1S/C12H11FN2O3/c13-9-2-1-3-10(7(9)4-14)15-11-6-18-5-8(11)12(16)17/h1-3,8,11,15H,5-6H2,(H,16,17). The molecule has 5 nitrogen and oxygen atoms in total. The predicted octanol–water partition coefficient (Wildman–Crippen LogP) is 1.21. The van der Waals surface area contributed by atoms with Crippen LogP contribution in [-0.2, 0) is 9.53 Å². The number of ether oxygens (including phenoxy) is 1. The van der Waals surface area contributed by atoms with Crippen molar-refractivity contribution in [3.05, 3.63) is 29.6 Å². The van der Waals surface area contributed by atoms with E-state index in [1.54, 1.807) is 12.1 Å². The Hall–Kier alpha value is -2.13. The summed E-state index contributed by atoms with van der Waals surface area (Å²) < 4.78 is 18.5. The van der Waals surface area contributed by atoms with E-state index in [-0.39, 0.29) is 18.8 Å². The second-order valence-electron chi connectivity index (χ2n) is 4.01. The topological polar surface area (TPSA) is 82.3 Å². The van der Waals surface area contributed by atoms with E-state index >= 15 is 0 Å². The van der Waals surface area contributed by atoms with Crippen LogP contribution in [0.4, 0.5) is 10.1 Å². The summed E-state index contributed by atoms with van der Waals surface area (Å²) in [5.41, 5.74) is 0.174. The molecule has 0 aromatic heterocycles. The van der Waals surface area contributed by atoms with Crippen molar-refractivity contribution in [1.82, 2.24) is 0 Å². The van der Waals surface area contributed by atoms with E-state index in [1.165, 1.54) is 12.1 Å². The zero-order chi connectivity index (χ0) is 13.1. The van der Waals surface area contributed by atoms with Crippen LogP contribution in [0, 0.1) is 23.1 Å². The molecular formula is C12H11FN2O3. The molecule has 2 rings (SSSR count). The Balaban J connectivity index is 2.22. The third-order valence-electron chi connectivity index (χ3n) is 2.86. The molecule has 2 unspecified atom stereocenters. The summed E-state index contributed by atoms with van der Waals surface area (Å²) in [7, 11) is 0. The normalized spacial score (nSPS) is 22.4. The molecule has 0 radical (unpaired) electrons. The average Bonchev–Trinajstić information content (AvgIpc) is 2.77. The van der Waals surface area contributed by atoms with Gasteiger partial charge in [0, 0.05) is 0 Å². The van der Waals surface area contributed by atoms with Crippen molar-refractivity contribution < 1.29 is 19.0 Å². The zero-order valence-electron chi connectivity index (χ0n) is 9.39. The first-order chi connectivity index (χ1) is 8.63. The minimum atomic E-state index is -0.972. The van der Waals surface area contributed by atoms with Gasteiger partial charge in [0.15, 0.2) is 0 Å².